The van der Waals surface area contributed by atoms with Crippen LogP contribution >= 0.6 is 0 Å². The molecule has 0 saturated heterocycles. The Hall–Kier alpha value is -5.72. The van der Waals surface area contributed by atoms with Crippen LogP contribution in [-0.2, 0) is 16.2 Å². The van der Waals surface area contributed by atoms with E-state index in [4.69, 9.17) is 0 Å². The normalized spacial score (nSPS) is 15.9. The van der Waals surface area contributed by atoms with Crippen molar-refractivity contribution in [3.8, 4) is 55.6 Å². The first-order valence-electron chi connectivity index (χ1n) is 21.7. The lowest BCUT2D eigenvalue weighted by Crippen LogP contribution is -2.17. The highest BCUT2D eigenvalue weighted by atomic mass is 14.5. The third kappa shape index (κ3) is 4.67. The molecular weight excluding hydrogens is 709 g/mol. The van der Waals surface area contributed by atoms with E-state index in [1.165, 1.54) is 144 Å². The molecule has 0 unspecified atom stereocenters. The molecule has 8 aromatic rings. The summed E-state index contributed by atoms with van der Waals surface area (Å²) >= 11 is 0. The molecule has 3 aliphatic carbocycles. The molecule has 0 atom stereocenters. The zero-order valence-corrected chi connectivity index (χ0v) is 36.9. The molecule has 0 bridgehead atoms. The minimum Gasteiger partial charge on any atom is -0.0616 e. The Morgan fingerprint density at radius 3 is 0.915 bits per heavy atom. The predicted molar refractivity (Wildman–Crippen MR) is 253 cm³/mol. The molecule has 11 rings (SSSR count). The number of aryl methyl sites for hydroxylation is 4. The number of hydrogen-bond acceptors (Lipinski definition) is 0. The maximum absolute atomic E-state index is 2.60. The van der Waals surface area contributed by atoms with E-state index in [-0.39, 0.29) is 16.2 Å². The van der Waals surface area contributed by atoms with E-state index in [1.54, 1.807) is 0 Å². The molecule has 0 spiro atoms. The van der Waals surface area contributed by atoms with E-state index in [0.717, 1.165) is 0 Å². The van der Waals surface area contributed by atoms with Crippen molar-refractivity contribution in [1.82, 2.24) is 0 Å². The zero-order valence-electron chi connectivity index (χ0n) is 36.9. The average Bonchev–Trinajstić information content (AvgIpc) is 3.68. The van der Waals surface area contributed by atoms with Gasteiger partial charge >= 0.3 is 0 Å². The average molecular weight is 763 g/mol. The van der Waals surface area contributed by atoms with Crippen LogP contribution in [0.4, 0.5) is 0 Å². The van der Waals surface area contributed by atoms with Crippen LogP contribution in [0.15, 0.2) is 109 Å². The quantitative estimate of drug-likeness (QED) is 0.165. The smallest absolute Gasteiger partial charge is 0.0159 e. The Bertz CT molecular complexity index is 2970. The first-order chi connectivity index (χ1) is 28.0. The van der Waals surface area contributed by atoms with Gasteiger partial charge in [0.15, 0.2) is 0 Å². The van der Waals surface area contributed by atoms with Gasteiger partial charge in [-0.15, -0.1) is 0 Å². The van der Waals surface area contributed by atoms with Gasteiger partial charge in [-0.25, -0.2) is 0 Å². The zero-order chi connectivity index (χ0) is 41.2. The van der Waals surface area contributed by atoms with Gasteiger partial charge in [-0.05, 0) is 222 Å². The van der Waals surface area contributed by atoms with Gasteiger partial charge < -0.3 is 0 Å². The first-order valence-corrected chi connectivity index (χ1v) is 21.7. The summed E-state index contributed by atoms with van der Waals surface area (Å²) in [7, 11) is 0. The van der Waals surface area contributed by atoms with Crippen LogP contribution in [0.2, 0.25) is 0 Å². The molecule has 0 aromatic heterocycles. The molecule has 0 heterocycles. The van der Waals surface area contributed by atoms with Gasteiger partial charge in [-0.2, -0.15) is 0 Å². The Labute approximate surface area is 351 Å². The van der Waals surface area contributed by atoms with Crippen molar-refractivity contribution in [2.24, 2.45) is 0 Å². The van der Waals surface area contributed by atoms with Gasteiger partial charge in [0, 0.05) is 16.2 Å². The summed E-state index contributed by atoms with van der Waals surface area (Å²) in [5.74, 6) is 0. The fourth-order valence-electron chi connectivity index (χ4n) is 11.7. The van der Waals surface area contributed by atoms with Crippen molar-refractivity contribution in [1.29, 1.82) is 0 Å². The molecule has 0 radical (unpaired) electrons. The fourth-order valence-corrected chi connectivity index (χ4v) is 11.7. The highest BCUT2D eigenvalue weighted by molar-refractivity contribution is 6.11. The second-order valence-electron chi connectivity index (χ2n) is 20.0. The maximum atomic E-state index is 2.60. The number of fused-ring (bicyclic) bond motifs is 13. The molecule has 59 heavy (non-hydrogen) atoms. The third-order valence-electron chi connectivity index (χ3n) is 15.7. The van der Waals surface area contributed by atoms with Crippen LogP contribution in [-0.4, -0.2) is 0 Å². The van der Waals surface area contributed by atoms with Gasteiger partial charge in [0.25, 0.3) is 0 Å². The summed E-state index contributed by atoms with van der Waals surface area (Å²) in [6, 6.07) is 43.3. The summed E-state index contributed by atoms with van der Waals surface area (Å²) in [5, 5.41) is 5.38. The molecule has 0 N–H and O–H groups in total. The van der Waals surface area contributed by atoms with Gasteiger partial charge in [0.1, 0.15) is 0 Å². The molecule has 3 aliphatic rings. The van der Waals surface area contributed by atoms with Crippen molar-refractivity contribution in [3.05, 3.63) is 176 Å². The summed E-state index contributed by atoms with van der Waals surface area (Å²) < 4.78 is 0. The van der Waals surface area contributed by atoms with Gasteiger partial charge in [-0.3, -0.25) is 0 Å². The summed E-state index contributed by atoms with van der Waals surface area (Å²) in [6.45, 7) is 28.3. The van der Waals surface area contributed by atoms with Crippen LogP contribution in [0.25, 0.3) is 77.2 Å². The molecule has 8 aromatic carbocycles. The van der Waals surface area contributed by atoms with Crippen molar-refractivity contribution >= 4 is 21.5 Å². The third-order valence-corrected chi connectivity index (χ3v) is 15.7. The molecule has 290 valence electrons. The van der Waals surface area contributed by atoms with Crippen LogP contribution in [0, 0.1) is 41.5 Å². The standard InChI is InChI=1S/C59H54/c1-31-21-37(22-32(2)35(31)5)43-25-53-55(41-19-15-13-17-39(41)43)47-29-49-45(27-51(47)58(53,9)10)46-28-52-48(30-50(46)57(49,7)8)56-42-20-16-14-18-40(42)44(26-54(56)59(52,11)12)38-23-33(3)36(6)34(4)24-38/h13-30H,1-12H3. The fraction of sp³-hybridized carbons (Fsp3) is 0.254. The second kappa shape index (κ2) is 11.7. The minimum atomic E-state index is -0.159. The molecule has 0 heteroatoms. The minimum absolute atomic E-state index is 0.158. The lowest BCUT2D eigenvalue weighted by Gasteiger charge is -2.25. The van der Waals surface area contributed by atoms with Crippen LogP contribution in [0.3, 0.4) is 0 Å². The first kappa shape index (κ1) is 36.4. The van der Waals surface area contributed by atoms with E-state index in [9.17, 15) is 0 Å². The number of benzene rings is 8. The molecule has 0 nitrogen and oxygen atoms in total. The van der Waals surface area contributed by atoms with E-state index < -0.39 is 0 Å². The summed E-state index contributed by atoms with van der Waals surface area (Å²) in [6.07, 6.45) is 0. The Balaban J connectivity index is 1.11. The Morgan fingerprint density at radius 1 is 0.288 bits per heavy atom. The van der Waals surface area contributed by atoms with Crippen molar-refractivity contribution < 1.29 is 0 Å². The van der Waals surface area contributed by atoms with Crippen LogP contribution in [0.1, 0.15) is 108 Å². The molecular formula is C59H54. The van der Waals surface area contributed by atoms with Gasteiger partial charge in [0.2, 0.25) is 0 Å². The SMILES string of the molecule is Cc1cc(-c2cc3c(c4ccccc24)-c2cc4c(cc2C3(C)C)-c2cc3c(cc2C4(C)C)-c2c(cc(-c4cc(C)c(C)c(C)c4)c4ccccc24)C3(C)C)cc(C)c1C. The largest absolute Gasteiger partial charge is 0.0616 e. The summed E-state index contributed by atoms with van der Waals surface area (Å²) in [5.41, 5.74) is 30.1. The van der Waals surface area contributed by atoms with E-state index >= 15 is 0 Å². The molecule has 0 aliphatic heterocycles. The highest BCUT2D eigenvalue weighted by Crippen LogP contribution is 2.61. The van der Waals surface area contributed by atoms with Crippen molar-refractivity contribution in [3.63, 3.8) is 0 Å². The topological polar surface area (TPSA) is 0 Å². The van der Waals surface area contributed by atoms with Crippen LogP contribution in [0.5, 0.6) is 0 Å². The lowest BCUT2D eigenvalue weighted by molar-refractivity contribution is 0.649. The number of rotatable bonds is 2. The van der Waals surface area contributed by atoms with E-state index in [0.29, 0.717) is 0 Å². The predicted octanol–water partition coefficient (Wildman–Crippen LogP) is 16.1. The van der Waals surface area contributed by atoms with Crippen molar-refractivity contribution in [2.75, 3.05) is 0 Å². The van der Waals surface area contributed by atoms with Gasteiger partial charge in [-0.1, -0.05) is 114 Å². The number of hydrogen-bond donors (Lipinski definition) is 0. The Morgan fingerprint density at radius 2 is 0.559 bits per heavy atom. The van der Waals surface area contributed by atoms with Crippen LogP contribution < -0.4 is 0 Å². The molecule has 0 amide bonds. The van der Waals surface area contributed by atoms with E-state index in [1.807, 2.05) is 0 Å². The monoisotopic (exact) mass is 762 g/mol. The Kier molecular flexibility index (Phi) is 7.23. The second-order valence-corrected chi connectivity index (χ2v) is 20.0. The highest BCUT2D eigenvalue weighted by Gasteiger charge is 2.45. The van der Waals surface area contributed by atoms with Gasteiger partial charge in [0.05, 0.1) is 0 Å². The molecule has 0 saturated carbocycles. The van der Waals surface area contributed by atoms with Crippen molar-refractivity contribution in [2.45, 2.75) is 99.3 Å². The summed E-state index contributed by atoms with van der Waals surface area (Å²) in [4.78, 5) is 0. The maximum Gasteiger partial charge on any atom is 0.0159 e. The molecule has 0 fully saturated rings. The van der Waals surface area contributed by atoms with E-state index in [2.05, 4.69) is 192 Å². The lowest BCUT2D eigenvalue weighted by atomic mass is 9.78.